The number of piperidine rings is 1. The molecule has 1 aromatic heterocycles. The van der Waals surface area contributed by atoms with Crippen LogP contribution in [0.4, 0.5) is 5.69 Å². The van der Waals surface area contributed by atoms with Crippen molar-refractivity contribution in [1.29, 1.82) is 0 Å². The van der Waals surface area contributed by atoms with E-state index in [1.54, 1.807) is 12.1 Å². The monoisotopic (exact) mass is 443 g/mol. The Labute approximate surface area is 159 Å². The lowest BCUT2D eigenvalue weighted by Gasteiger charge is -2.30. The van der Waals surface area contributed by atoms with E-state index in [2.05, 4.69) is 26.8 Å². The Hall–Kier alpha value is -1.42. The van der Waals surface area contributed by atoms with Crippen molar-refractivity contribution in [3.63, 3.8) is 0 Å². The smallest absolute Gasteiger partial charge is 0.252 e. The van der Waals surface area contributed by atoms with E-state index in [0.717, 1.165) is 9.47 Å². The third-order valence-electron chi connectivity index (χ3n) is 4.00. The quantitative estimate of drug-likeness (QED) is 0.695. The highest BCUT2D eigenvalue weighted by atomic mass is 79.9. The molecule has 1 aliphatic rings. The summed E-state index contributed by atoms with van der Waals surface area (Å²) in [6, 6.07) is 12.6. The minimum absolute atomic E-state index is 0.195. The van der Waals surface area contributed by atoms with Crippen LogP contribution in [0.15, 0.2) is 50.5 Å². The van der Waals surface area contributed by atoms with Gasteiger partial charge in [0, 0.05) is 13.1 Å². The first-order chi connectivity index (χ1) is 12.0. The molecule has 0 saturated carbocycles. The number of anilines is 1. The van der Waals surface area contributed by atoms with E-state index >= 15 is 0 Å². The van der Waals surface area contributed by atoms with Crippen molar-refractivity contribution >= 4 is 48.9 Å². The number of amides is 1. The number of nitrogens with one attached hydrogen (secondary N) is 2. The molecule has 2 aromatic rings. The summed E-state index contributed by atoms with van der Waals surface area (Å²) in [5.74, 6) is -0.570. The van der Waals surface area contributed by atoms with Gasteiger partial charge in [0.05, 0.1) is 15.4 Å². The number of hydrazine groups is 1. The summed E-state index contributed by atoms with van der Waals surface area (Å²) in [5, 5.41) is 0. The zero-order chi connectivity index (χ0) is 17.9. The number of halogens is 1. The van der Waals surface area contributed by atoms with Crippen LogP contribution in [0.25, 0.3) is 0 Å². The summed E-state index contributed by atoms with van der Waals surface area (Å²) in [7, 11) is -3.55. The molecule has 1 aliphatic heterocycles. The molecule has 1 amide bonds. The van der Waals surface area contributed by atoms with Gasteiger partial charge in [-0.05, 0) is 53.0 Å². The van der Waals surface area contributed by atoms with Gasteiger partial charge in [-0.2, -0.15) is 4.31 Å². The fourth-order valence-corrected chi connectivity index (χ4v) is 6.38. The molecule has 0 spiro atoms. The molecule has 1 fully saturated rings. The van der Waals surface area contributed by atoms with Crippen LogP contribution in [0, 0.1) is 5.92 Å². The van der Waals surface area contributed by atoms with Gasteiger partial charge in [-0.25, -0.2) is 8.42 Å². The predicted octanol–water partition coefficient (Wildman–Crippen LogP) is 3.05. The van der Waals surface area contributed by atoms with Gasteiger partial charge in [0.25, 0.3) is 10.0 Å². The van der Waals surface area contributed by atoms with Gasteiger partial charge in [0.2, 0.25) is 5.91 Å². The van der Waals surface area contributed by atoms with Crippen molar-refractivity contribution in [1.82, 2.24) is 9.73 Å². The molecule has 1 saturated heterocycles. The van der Waals surface area contributed by atoms with Crippen molar-refractivity contribution in [3.05, 3.63) is 46.3 Å². The molecule has 0 radical (unpaired) electrons. The normalized spacial score (nSPS) is 18.7. The molecule has 1 aromatic carbocycles. The predicted molar refractivity (Wildman–Crippen MR) is 102 cm³/mol. The number of benzene rings is 1. The molecule has 2 N–H and O–H groups in total. The van der Waals surface area contributed by atoms with Crippen LogP contribution in [0.2, 0.25) is 0 Å². The summed E-state index contributed by atoms with van der Waals surface area (Å²) in [5.41, 5.74) is 6.31. The van der Waals surface area contributed by atoms with E-state index in [4.69, 9.17) is 0 Å². The van der Waals surface area contributed by atoms with Gasteiger partial charge in [0.15, 0.2) is 0 Å². The molecule has 9 heteroatoms. The average Bonchev–Trinajstić information content (AvgIpc) is 3.08. The number of carbonyl (C=O) groups is 1. The minimum atomic E-state index is -3.55. The fourth-order valence-electron chi connectivity index (χ4n) is 2.70. The third-order valence-corrected chi connectivity index (χ3v) is 7.96. The topological polar surface area (TPSA) is 78.5 Å². The molecule has 1 atom stereocenters. The first-order valence-corrected chi connectivity index (χ1v) is 10.9. The number of para-hydroxylation sites is 1. The molecule has 6 nitrogen and oxygen atoms in total. The maximum absolute atomic E-state index is 12.7. The first kappa shape index (κ1) is 18.4. The Balaban J connectivity index is 1.63. The summed E-state index contributed by atoms with van der Waals surface area (Å²) < 4.78 is 27.9. The highest BCUT2D eigenvalue weighted by molar-refractivity contribution is 9.11. The van der Waals surface area contributed by atoms with E-state index in [1.807, 2.05) is 30.3 Å². The van der Waals surface area contributed by atoms with Gasteiger partial charge < -0.3 is 0 Å². The zero-order valence-electron chi connectivity index (χ0n) is 13.3. The molecule has 0 unspecified atom stereocenters. The number of carbonyl (C=O) groups excluding carboxylic acids is 1. The molecular weight excluding hydrogens is 426 g/mol. The minimum Gasteiger partial charge on any atom is -0.299 e. The van der Waals surface area contributed by atoms with Crippen molar-refractivity contribution in [2.24, 2.45) is 5.92 Å². The Bertz CT molecular complexity index is 839. The number of nitrogens with zero attached hydrogens (tertiary/aromatic N) is 1. The SMILES string of the molecule is O=C(NNc1ccccc1)[C@@H]1CCCN(S(=O)(=O)c2ccc(Br)s2)C1. The fraction of sp³-hybridized carbons (Fsp3) is 0.312. The number of sulfonamides is 1. The van der Waals surface area contributed by atoms with E-state index in [0.29, 0.717) is 23.6 Å². The van der Waals surface area contributed by atoms with Gasteiger partial charge in [0.1, 0.15) is 4.21 Å². The van der Waals surface area contributed by atoms with Crippen molar-refractivity contribution in [3.8, 4) is 0 Å². The van der Waals surface area contributed by atoms with E-state index < -0.39 is 10.0 Å². The Morgan fingerprint density at radius 3 is 2.64 bits per heavy atom. The first-order valence-electron chi connectivity index (χ1n) is 7.83. The second-order valence-electron chi connectivity index (χ2n) is 5.74. The van der Waals surface area contributed by atoms with Gasteiger partial charge >= 0.3 is 0 Å². The van der Waals surface area contributed by atoms with E-state index in [1.165, 1.54) is 15.6 Å². The number of hydrogen-bond donors (Lipinski definition) is 2. The summed E-state index contributed by atoms with van der Waals surface area (Å²) in [6.45, 7) is 0.633. The number of hydrogen-bond acceptors (Lipinski definition) is 5. The lowest BCUT2D eigenvalue weighted by atomic mass is 9.99. The van der Waals surface area contributed by atoms with Crippen LogP contribution < -0.4 is 10.9 Å². The van der Waals surface area contributed by atoms with Gasteiger partial charge in [-0.15, -0.1) is 11.3 Å². The Morgan fingerprint density at radius 2 is 1.96 bits per heavy atom. The molecule has 0 aliphatic carbocycles. The van der Waals surface area contributed by atoms with Crippen molar-refractivity contribution < 1.29 is 13.2 Å². The van der Waals surface area contributed by atoms with Crippen molar-refractivity contribution in [2.45, 2.75) is 17.1 Å². The molecule has 3 rings (SSSR count). The maximum Gasteiger partial charge on any atom is 0.252 e. The largest absolute Gasteiger partial charge is 0.299 e. The Kier molecular flexibility index (Phi) is 5.78. The highest BCUT2D eigenvalue weighted by Gasteiger charge is 2.34. The van der Waals surface area contributed by atoms with E-state index in [-0.39, 0.29) is 18.4 Å². The van der Waals surface area contributed by atoms with Crippen LogP contribution in [-0.2, 0) is 14.8 Å². The standard InChI is InChI=1S/C16H18BrN3O3S2/c17-14-8-9-15(24-14)25(22,23)20-10-4-5-12(11-20)16(21)19-18-13-6-2-1-3-7-13/h1-3,6-9,12,18H,4-5,10-11H2,(H,19,21)/t12-/m1/s1. The maximum atomic E-state index is 12.7. The van der Waals surface area contributed by atoms with Crippen LogP contribution in [-0.4, -0.2) is 31.7 Å². The van der Waals surface area contributed by atoms with E-state index in [9.17, 15) is 13.2 Å². The molecule has 2 heterocycles. The van der Waals surface area contributed by atoms with Crippen LogP contribution in [0.3, 0.4) is 0 Å². The lowest BCUT2D eigenvalue weighted by Crippen LogP contribution is -2.46. The van der Waals surface area contributed by atoms with Crippen molar-refractivity contribution in [2.75, 3.05) is 18.5 Å². The summed E-state index contributed by atoms with van der Waals surface area (Å²) >= 11 is 4.47. The second kappa shape index (κ2) is 7.86. The zero-order valence-corrected chi connectivity index (χ0v) is 16.5. The van der Waals surface area contributed by atoms with Crippen LogP contribution >= 0.6 is 27.3 Å². The van der Waals surface area contributed by atoms with Gasteiger partial charge in [-0.3, -0.25) is 15.6 Å². The second-order valence-corrected chi connectivity index (χ2v) is 10.4. The number of rotatable bonds is 5. The molecule has 0 bridgehead atoms. The summed E-state index contributed by atoms with van der Waals surface area (Å²) in [4.78, 5) is 12.4. The molecule has 25 heavy (non-hydrogen) atoms. The van der Waals surface area contributed by atoms with Crippen LogP contribution in [0.5, 0.6) is 0 Å². The molecule has 134 valence electrons. The summed E-state index contributed by atoms with van der Waals surface area (Å²) in [6.07, 6.45) is 1.33. The average molecular weight is 444 g/mol. The molecular formula is C16H18BrN3O3S2. The number of thiophene rings is 1. The van der Waals surface area contributed by atoms with Crippen LogP contribution in [0.1, 0.15) is 12.8 Å². The third kappa shape index (κ3) is 4.41. The lowest BCUT2D eigenvalue weighted by molar-refractivity contribution is -0.125. The Morgan fingerprint density at radius 1 is 1.20 bits per heavy atom. The highest BCUT2D eigenvalue weighted by Crippen LogP contribution is 2.30. The van der Waals surface area contributed by atoms with Gasteiger partial charge in [-0.1, -0.05) is 18.2 Å².